The number of rotatable bonds is 21. The molecule has 0 spiro atoms. The van der Waals surface area contributed by atoms with Crippen molar-refractivity contribution in [3.05, 3.63) is 101 Å². The number of carbonyl (C=O) groups excluding carboxylic acids is 6. The summed E-state index contributed by atoms with van der Waals surface area (Å²) in [5.74, 6) is -2.83. The van der Waals surface area contributed by atoms with E-state index < -0.39 is 65.6 Å². The lowest BCUT2D eigenvalue weighted by atomic mass is 9.85. The molecule has 7 N–H and O–H groups in total. The molecule has 78 heavy (non-hydrogen) atoms. The molecule has 3 atom stereocenters. The quantitative estimate of drug-likeness (QED) is 0.0487. The molecule has 2 aliphatic heterocycles. The number of amides is 6. The lowest BCUT2D eigenvalue weighted by molar-refractivity contribution is -0.144. The van der Waals surface area contributed by atoms with Gasteiger partial charge in [-0.3, -0.25) is 28.8 Å². The number of thiazole rings is 1. The van der Waals surface area contributed by atoms with Crippen LogP contribution in [-0.4, -0.2) is 156 Å². The van der Waals surface area contributed by atoms with E-state index in [-0.39, 0.29) is 74.8 Å². The minimum absolute atomic E-state index is 0.0465. The molecule has 22 nitrogen and oxygen atoms in total. The van der Waals surface area contributed by atoms with Crippen molar-refractivity contribution in [2.24, 2.45) is 5.41 Å². The molecule has 1 unspecified atom stereocenters. The Morgan fingerprint density at radius 3 is 2.45 bits per heavy atom. The van der Waals surface area contributed by atoms with Crippen LogP contribution in [0.3, 0.4) is 0 Å². The minimum atomic E-state index is -1.06. The molecule has 2 aliphatic rings. The Morgan fingerprint density at radius 2 is 1.74 bits per heavy atom. The van der Waals surface area contributed by atoms with Crippen molar-refractivity contribution in [2.45, 2.75) is 65.3 Å². The second kappa shape index (κ2) is 24.5. The first-order valence-corrected chi connectivity index (χ1v) is 26.1. The fourth-order valence-corrected chi connectivity index (χ4v) is 9.99. The van der Waals surface area contributed by atoms with Gasteiger partial charge in [0.05, 0.1) is 71.4 Å². The molecule has 5 heterocycles. The van der Waals surface area contributed by atoms with Crippen LogP contribution in [0.25, 0.3) is 21.5 Å². The topological polar surface area (TPSA) is 275 Å². The summed E-state index contributed by atoms with van der Waals surface area (Å²) < 4.78 is 31.6. The number of fused-ring (bicyclic) bond motifs is 2. The minimum Gasteiger partial charge on any atom is -0.495 e. The number of halogens is 1. The summed E-state index contributed by atoms with van der Waals surface area (Å²) >= 11 is 1.55. The van der Waals surface area contributed by atoms with Crippen LogP contribution in [0, 0.1) is 18.2 Å². The third-order valence-electron chi connectivity index (χ3n) is 13.3. The SMILES string of the molecule is CNC(=O)c1c(F)cccc1Nc1nc(Nc2cc3c(cc2OC)CCN3C(=O)CN(C)C(=O)COCCOCC(=O)NC(C(=O)N2C[C@H](O)C[C@H]2C(=O)NCc2ccc(-c3scnc3C)cc2)C(C)(C)C)nc2[nH]ccc12. The third-order valence-corrected chi connectivity index (χ3v) is 14.3. The highest BCUT2D eigenvalue weighted by molar-refractivity contribution is 7.13. The Labute approximate surface area is 453 Å². The number of nitrogens with one attached hydrogen (secondary N) is 6. The summed E-state index contributed by atoms with van der Waals surface area (Å²) in [7, 11) is 4.40. The lowest BCUT2D eigenvalue weighted by Crippen LogP contribution is -2.58. The van der Waals surface area contributed by atoms with Crippen molar-refractivity contribution in [1.82, 2.24) is 45.7 Å². The molecule has 1 fully saturated rings. The van der Waals surface area contributed by atoms with Crippen molar-refractivity contribution in [1.29, 1.82) is 0 Å². The number of aliphatic hydroxyl groups excluding tert-OH is 1. The number of carbonyl (C=O) groups is 6. The number of β-amino-alcohol motifs (C(OH)–C–C–N with tert-alkyl or cyclic N) is 1. The molecule has 1 saturated heterocycles. The van der Waals surface area contributed by atoms with Crippen LogP contribution >= 0.6 is 11.3 Å². The number of aliphatic hydroxyl groups is 1. The van der Waals surface area contributed by atoms with Crippen LogP contribution < -0.4 is 36.2 Å². The van der Waals surface area contributed by atoms with E-state index >= 15 is 0 Å². The molecule has 412 valence electrons. The summed E-state index contributed by atoms with van der Waals surface area (Å²) in [5, 5.41) is 25.5. The Hall–Kier alpha value is -8.06. The van der Waals surface area contributed by atoms with E-state index in [2.05, 4.69) is 46.5 Å². The highest BCUT2D eigenvalue weighted by Gasteiger charge is 2.44. The van der Waals surface area contributed by atoms with E-state index in [9.17, 15) is 38.3 Å². The highest BCUT2D eigenvalue weighted by atomic mass is 32.1. The van der Waals surface area contributed by atoms with Gasteiger partial charge in [-0.2, -0.15) is 9.97 Å². The largest absolute Gasteiger partial charge is 0.495 e. The average molecular weight is 1090 g/mol. The van der Waals surface area contributed by atoms with Crippen molar-refractivity contribution in [2.75, 3.05) is 82.8 Å². The van der Waals surface area contributed by atoms with Crippen LogP contribution in [-0.2, 0) is 46.4 Å². The maximum absolute atomic E-state index is 14.8. The highest BCUT2D eigenvalue weighted by Crippen LogP contribution is 2.39. The molecule has 8 rings (SSSR count). The van der Waals surface area contributed by atoms with Gasteiger partial charge in [-0.1, -0.05) is 51.1 Å². The first kappa shape index (κ1) is 56.2. The zero-order valence-corrected chi connectivity index (χ0v) is 45.1. The van der Waals surface area contributed by atoms with E-state index in [0.717, 1.165) is 27.3 Å². The maximum atomic E-state index is 14.8. The zero-order chi connectivity index (χ0) is 55.8. The first-order chi connectivity index (χ1) is 37.3. The Balaban J connectivity index is 0.793. The normalized spacial score (nSPS) is 15.4. The number of H-pyrrole nitrogens is 1. The van der Waals surface area contributed by atoms with Gasteiger partial charge in [-0.05, 0) is 65.8 Å². The number of aromatic nitrogens is 4. The van der Waals surface area contributed by atoms with Crippen LogP contribution in [0.15, 0.2) is 72.4 Å². The summed E-state index contributed by atoms with van der Waals surface area (Å²) in [6, 6.07) is 15.3. The number of benzene rings is 3. The monoisotopic (exact) mass is 1090 g/mol. The van der Waals surface area contributed by atoms with Crippen LogP contribution in [0.4, 0.5) is 33.2 Å². The molecular formula is C54H63FN12O10S. The fraction of sp³-hybridized carbons (Fsp3) is 0.389. The van der Waals surface area contributed by atoms with E-state index in [1.807, 2.05) is 37.3 Å². The van der Waals surface area contributed by atoms with Crippen LogP contribution in [0.2, 0.25) is 0 Å². The van der Waals surface area contributed by atoms with E-state index in [0.29, 0.717) is 41.1 Å². The van der Waals surface area contributed by atoms with Crippen molar-refractivity contribution in [3.8, 4) is 16.2 Å². The van der Waals surface area contributed by atoms with Crippen molar-refractivity contribution >= 4 is 86.6 Å². The Kier molecular flexibility index (Phi) is 17.6. The second-order valence-corrected chi connectivity index (χ2v) is 20.8. The number of hydrogen-bond donors (Lipinski definition) is 7. The van der Waals surface area contributed by atoms with Gasteiger partial charge in [0, 0.05) is 52.0 Å². The molecule has 0 radical (unpaired) electrons. The molecular weight excluding hydrogens is 1030 g/mol. The lowest BCUT2D eigenvalue weighted by Gasteiger charge is -2.35. The second-order valence-electron chi connectivity index (χ2n) is 19.9. The van der Waals surface area contributed by atoms with Gasteiger partial charge >= 0.3 is 0 Å². The Bertz CT molecular complexity index is 3200. The van der Waals surface area contributed by atoms with Crippen LogP contribution in [0.5, 0.6) is 5.75 Å². The van der Waals surface area contributed by atoms with Gasteiger partial charge < -0.3 is 65.6 Å². The molecule has 6 aromatic rings. The standard InChI is InChI=1S/C54H63FN12O10S/c1-30-46(78-29-59-30)32-13-11-31(12-14-32)24-58-50(72)40-22-34(68)25-67(40)52(74)47(54(2,3)4)62-42(69)27-76-19-20-77-28-44(71)65(6)26-43(70)66-18-16-33-21-41(75-7)38(23-39(33)66)61-53-63-48-35(15-17-57-48)49(64-53)60-37-10-8-9-36(55)45(37)51(73)56-5/h8-15,17,21,23,29,34,40,47,68H,16,18-20,22,24-28H2,1-7H3,(H,56,73)(H,58,72)(H,62,69)(H3,57,60,61,63,64)/t34-,40+,47?/m1/s1. The average Bonchev–Trinajstić information content (AvgIpc) is 4.25. The molecule has 0 aliphatic carbocycles. The number of aryl methyl sites for hydroxylation is 1. The van der Waals surface area contributed by atoms with Crippen molar-refractivity contribution in [3.63, 3.8) is 0 Å². The van der Waals surface area contributed by atoms with Gasteiger partial charge in [0.25, 0.3) is 5.91 Å². The van der Waals surface area contributed by atoms with E-state index in [1.165, 1.54) is 43.1 Å². The summed E-state index contributed by atoms with van der Waals surface area (Å²) in [6.45, 7) is 6.61. The van der Waals surface area contributed by atoms with Gasteiger partial charge in [0.1, 0.15) is 48.3 Å². The number of likely N-dealkylation sites (N-methyl/N-ethyl adjacent to an activating group) is 1. The molecule has 3 aromatic carbocycles. The fourth-order valence-electron chi connectivity index (χ4n) is 9.18. The number of nitrogens with zero attached hydrogens (tertiary/aromatic N) is 6. The number of ether oxygens (including phenoxy) is 3. The summed E-state index contributed by atoms with van der Waals surface area (Å²) in [4.78, 5) is 102. The molecule has 3 aromatic heterocycles. The predicted octanol–water partition coefficient (Wildman–Crippen LogP) is 4.57. The molecule has 0 bridgehead atoms. The van der Waals surface area contributed by atoms with Crippen LogP contribution in [0.1, 0.15) is 54.4 Å². The number of likely N-dealkylation sites (tertiary alicyclic amines) is 1. The Morgan fingerprint density at radius 1 is 0.987 bits per heavy atom. The van der Waals surface area contributed by atoms with Gasteiger partial charge in [0.15, 0.2) is 0 Å². The van der Waals surface area contributed by atoms with Crippen molar-refractivity contribution < 1.29 is 52.5 Å². The van der Waals surface area contributed by atoms with Gasteiger partial charge in [0.2, 0.25) is 35.5 Å². The summed E-state index contributed by atoms with van der Waals surface area (Å²) in [5.41, 5.74) is 6.13. The predicted molar refractivity (Wildman–Crippen MR) is 290 cm³/mol. The first-order valence-electron chi connectivity index (χ1n) is 25.2. The van der Waals surface area contributed by atoms with E-state index in [1.54, 1.807) is 66.9 Å². The summed E-state index contributed by atoms with van der Waals surface area (Å²) in [6.07, 6.45) is 1.31. The number of methoxy groups -OCH3 is 1. The van der Waals surface area contributed by atoms with Gasteiger partial charge in [-0.25, -0.2) is 9.37 Å². The maximum Gasteiger partial charge on any atom is 0.256 e. The van der Waals surface area contributed by atoms with Gasteiger partial charge in [-0.15, -0.1) is 11.3 Å². The number of anilines is 5. The molecule has 24 heteroatoms. The van der Waals surface area contributed by atoms with E-state index in [4.69, 9.17) is 14.2 Å². The molecule has 6 amide bonds. The third kappa shape index (κ3) is 13.0. The zero-order valence-electron chi connectivity index (χ0n) is 44.3. The number of aromatic amines is 1. The molecule has 0 saturated carbocycles. The smallest absolute Gasteiger partial charge is 0.256 e. The number of hydrogen-bond acceptors (Lipinski definition) is 16.